The van der Waals surface area contributed by atoms with E-state index in [1.54, 1.807) is 12.1 Å². The van der Waals surface area contributed by atoms with Crippen LogP contribution in [0.25, 0.3) is 11.0 Å². The molecule has 0 bridgehead atoms. The monoisotopic (exact) mass is 512 g/mol. The molecule has 1 aromatic heterocycles. The molecule has 2 heterocycles. The third-order valence-electron chi connectivity index (χ3n) is 6.91. The van der Waals surface area contributed by atoms with Gasteiger partial charge in [-0.25, -0.2) is 13.2 Å². The number of anilines is 2. The molecular weight excluding hydrogens is 480 g/mol. The number of nitrogens with one attached hydrogen (secondary N) is 1. The van der Waals surface area contributed by atoms with Gasteiger partial charge < -0.3 is 19.7 Å². The molecule has 0 amide bonds. The summed E-state index contributed by atoms with van der Waals surface area (Å²) in [5.74, 6) is -0.713. The van der Waals surface area contributed by atoms with Crippen LogP contribution in [0, 0.1) is 12.3 Å². The second-order valence-electron chi connectivity index (χ2n) is 10.5. The van der Waals surface area contributed by atoms with Crippen molar-refractivity contribution in [1.29, 1.82) is 0 Å². The average Bonchev–Trinajstić information content (AvgIpc) is 2.78. The Morgan fingerprint density at radius 3 is 2.42 bits per heavy atom. The smallest absolute Gasteiger partial charge is 0.337 e. The summed E-state index contributed by atoms with van der Waals surface area (Å²) in [5.41, 5.74) is 2.29. The summed E-state index contributed by atoms with van der Waals surface area (Å²) in [6, 6.07) is 8.80. The molecule has 1 atom stereocenters. The lowest BCUT2D eigenvalue weighted by atomic mass is 9.83. The van der Waals surface area contributed by atoms with Gasteiger partial charge in [0.05, 0.1) is 21.9 Å². The Balaban J connectivity index is 1.75. The van der Waals surface area contributed by atoms with Crippen LogP contribution in [0.5, 0.6) is 0 Å². The highest BCUT2D eigenvalue weighted by Crippen LogP contribution is 2.35. The second-order valence-corrected chi connectivity index (χ2v) is 12.5. The van der Waals surface area contributed by atoms with E-state index in [0.717, 1.165) is 43.8 Å². The molecule has 1 aliphatic heterocycles. The maximum absolute atomic E-state index is 13.1. The van der Waals surface area contributed by atoms with Gasteiger partial charge in [-0.1, -0.05) is 19.9 Å². The molecule has 8 nitrogen and oxygen atoms in total. The fourth-order valence-corrected chi connectivity index (χ4v) is 5.25. The average molecular weight is 513 g/mol. The molecule has 2 aromatic carbocycles. The molecule has 0 aliphatic carbocycles. The zero-order valence-electron chi connectivity index (χ0n) is 21.2. The Bertz CT molecular complexity index is 1500. The van der Waals surface area contributed by atoms with Gasteiger partial charge in [-0.2, -0.15) is 0 Å². The van der Waals surface area contributed by atoms with Crippen molar-refractivity contribution in [2.24, 2.45) is 5.41 Å². The Hall–Kier alpha value is -3.33. The maximum Gasteiger partial charge on any atom is 0.337 e. The normalized spacial score (nSPS) is 16.6. The highest BCUT2D eigenvalue weighted by Gasteiger charge is 2.27. The zero-order chi connectivity index (χ0) is 26.4. The number of piperidine rings is 1. The first-order chi connectivity index (χ1) is 16.7. The van der Waals surface area contributed by atoms with E-state index >= 15 is 0 Å². The molecule has 0 radical (unpaired) electrons. The lowest BCUT2D eigenvalue weighted by molar-refractivity contribution is 0.0697. The number of hydrogen-bond donors (Lipinski definition) is 2. The van der Waals surface area contributed by atoms with Crippen LogP contribution in [0.4, 0.5) is 11.6 Å². The van der Waals surface area contributed by atoms with Gasteiger partial charge in [0, 0.05) is 36.7 Å². The third-order valence-corrected chi connectivity index (χ3v) is 8.02. The van der Waals surface area contributed by atoms with E-state index < -0.39 is 21.8 Å². The molecule has 0 saturated carbocycles. The zero-order valence-corrected chi connectivity index (χ0v) is 22.0. The molecule has 3 aromatic rings. The van der Waals surface area contributed by atoms with Gasteiger partial charge in [-0.05, 0) is 61.9 Å². The van der Waals surface area contributed by atoms with Gasteiger partial charge in [0.1, 0.15) is 5.58 Å². The van der Waals surface area contributed by atoms with Crippen molar-refractivity contribution in [3.8, 4) is 0 Å². The fourth-order valence-electron chi connectivity index (χ4n) is 4.60. The molecule has 1 aliphatic rings. The van der Waals surface area contributed by atoms with Crippen molar-refractivity contribution in [2.45, 2.75) is 51.5 Å². The number of rotatable bonds is 6. The summed E-state index contributed by atoms with van der Waals surface area (Å²) in [7, 11) is -3.56. The Morgan fingerprint density at radius 2 is 1.81 bits per heavy atom. The summed E-state index contributed by atoms with van der Waals surface area (Å²) in [6.45, 7) is 9.81. The number of carboxylic acids is 1. The quantitative estimate of drug-likeness (QED) is 0.474. The fraction of sp³-hybridized carbons (Fsp3) is 0.407. The van der Waals surface area contributed by atoms with Gasteiger partial charge in [-0.3, -0.25) is 4.79 Å². The summed E-state index contributed by atoms with van der Waals surface area (Å²) in [4.78, 5) is 27.0. The van der Waals surface area contributed by atoms with Crippen LogP contribution >= 0.6 is 0 Å². The minimum atomic E-state index is -3.56. The Labute approximate surface area is 210 Å². The highest BCUT2D eigenvalue weighted by molar-refractivity contribution is 7.90. The van der Waals surface area contributed by atoms with Crippen molar-refractivity contribution in [1.82, 2.24) is 0 Å². The lowest BCUT2D eigenvalue weighted by Crippen LogP contribution is -2.37. The van der Waals surface area contributed by atoms with Crippen molar-refractivity contribution >= 4 is 38.3 Å². The topological polar surface area (TPSA) is 117 Å². The largest absolute Gasteiger partial charge is 0.478 e. The number of carboxylic acid groups (broad SMARTS) is 1. The van der Waals surface area contributed by atoms with Gasteiger partial charge in [0.25, 0.3) is 0 Å². The summed E-state index contributed by atoms with van der Waals surface area (Å²) in [6.07, 6.45) is 3.02. The van der Waals surface area contributed by atoms with Crippen LogP contribution < -0.4 is 15.6 Å². The minimum Gasteiger partial charge on any atom is -0.478 e. The molecular formula is C27H32N2O6S. The molecule has 4 rings (SSSR count). The predicted octanol–water partition coefficient (Wildman–Crippen LogP) is 5.00. The first kappa shape index (κ1) is 25.8. The van der Waals surface area contributed by atoms with Gasteiger partial charge in [0.2, 0.25) is 0 Å². The van der Waals surface area contributed by atoms with Gasteiger partial charge in [0.15, 0.2) is 21.2 Å². The SMILES string of the molecule is Cc1cc(C(C)Nc2ccc(S(C)(=O)=O)cc2C(=O)O)c2oc(N3CCC(C)(C)CC3)cc(=O)c2c1. The highest BCUT2D eigenvalue weighted by atomic mass is 32.2. The van der Waals surface area contributed by atoms with E-state index in [-0.39, 0.29) is 27.0 Å². The Kier molecular flexibility index (Phi) is 6.64. The van der Waals surface area contributed by atoms with Crippen LogP contribution in [-0.2, 0) is 9.84 Å². The van der Waals surface area contributed by atoms with Crippen molar-refractivity contribution < 1.29 is 22.7 Å². The van der Waals surface area contributed by atoms with Crippen molar-refractivity contribution in [3.05, 3.63) is 63.3 Å². The lowest BCUT2D eigenvalue weighted by Gasteiger charge is -2.37. The van der Waals surface area contributed by atoms with E-state index in [1.165, 1.54) is 12.1 Å². The van der Waals surface area contributed by atoms with Crippen LogP contribution in [0.2, 0.25) is 0 Å². The van der Waals surface area contributed by atoms with E-state index in [9.17, 15) is 23.1 Å². The van der Waals surface area contributed by atoms with E-state index in [2.05, 4.69) is 24.1 Å². The molecule has 9 heteroatoms. The number of aromatic carboxylic acids is 1. The summed E-state index contributed by atoms with van der Waals surface area (Å²) >= 11 is 0. The van der Waals surface area contributed by atoms with Gasteiger partial charge >= 0.3 is 5.97 Å². The van der Waals surface area contributed by atoms with Crippen LogP contribution in [-0.4, -0.2) is 38.8 Å². The predicted molar refractivity (Wildman–Crippen MR) is 141 cm³/mol. The summed E-state index contributed by atoms with van der Waals surface area (Å²) < 4.78 is 30.2. The van der Waals surface area contributed by atoms with Crippen LogP contribution in [0.15, 0.2) is 50.5 Å². The maximum atomic E-state index is 13.1. The Morgan fingerprint density at radius 1 is 1.14 bits per heavy atom. The molecule has 2 N–H and O–H groups in total. The first-order valence-electron chi connectivity index (χ1n) is 11.9. The molecule has 36 heavy (non-hydrogen) atoms. The van der Waals surface area contributed by atoms with Crippen LogP contribution in [0.1, 0.15) is 61.1 Å². The standard InChI is InChI=1S/C27H32N2O6S/c1-16-12-19(17(2)28-22-7-6-18(36(5,33)34)14-20(22)26(31)32)25-21(13-16)23(30)15-24(35-25)29-10-8-27(3,4)9-11-29/h6-7,12-15,17,28H,8-11H2,1-5H3,(H,31,32). The molecule has 1 fully saturated rings. The van der Waals surface area contributed by atoms with E-state index in [0.29, 0.717) is 22.4 Å². The third kappa shape index (κ3) is 5.26. The first-order valence-corrected chi connectivity index (χ1v) is 13.8. The van der Waals surface area contributed by atoms with E-state index in [1.807, 2.05) is 19.9 Å². The minimum absolute atomic E-state index is 0.0699. The van der Waals surface area contributed by atoms with Gasteiger partial charge in [-0.15, -0.1) is 0 Å². The number of fused-ring (bicyclic) bond motifs is 1. The molecule has 0 spiro atoms. The van der Waals surface area contributed by atoms with Crippen molar-refractivity contribution in [2.75, 3.05) is 29.6 Å². The van der Waals surface area contributed by atoms with E-state index in [4.69, 9.17) is 4.42 Å². The number of sulfone groups is 1. The molecule has 1 unspecified atom stereocenters. The second kappa shape index (κ2) is 9.28. The molecule has 1 saturated heterocycles. The number of aryl methyl sites for hydroxylation is 1. The molecule has 192 valence electrons. The number of hydrogen-bond acceptors (Lipinski definition) is 7. The number of nitrogens with zero attached hydrogens (tertiary/aromatic N) is 1. The van der Waals surface area contributed by atoms with Crippen molar-refractivity contribution in [3.63, 3.8) is 0 Å². The van der Waals surface area contributed by atoms with Crippen LogP contribution in [0.3, 0.4) is 0 Å². The number of benzene rings is 2. The summed E-state index contributed by atoms with van der Waals surface area (Å²) in [5, 5.41) is 13.4. The number of carbonyl (C=O) groups is 1.